The van der Waals surface area contributed by atoms with Gasteiger partial charge >= 0.3 is 0 Å². The Morgan fingerprint density at radius 2 is 2.00 bits per heavy atom. The van der Waals surface area contributed by atoms with Crippen LogP contribution in [-0.2, 0) is 9.84 Å². The summed E-state index contributed by atoms with van der Waals surface area (Å²) < 4.78 is 30.5. The Hall–Kier alpha value is -0.590. The third kappa shape index (κ3) is 5.27. The van der Waals surface area contributed by atoms with Crippen molar-refractivity contribution >= 4 is 25.8 Å². The Bertz CT molecular complexity index is 560. The summed E-state index contributed by atoms with van der Waals surface area (Å²) >= 11 is 3.45. The van der Waals surface area contributed by atoms with E-state index in [-0.39, 0.29) is 6.04 Å². The second-order valence-corrected chi connectivity index (χ2v) is 8.40. The number of nitrogens with one attached hydrogen (secondary N) is 1. The molecule has 0 radical (unpaired) electrons. The van der Waals surface area contributed by atoms with Crippen LogP contribution in [0.5, 0.6) is 5.75 Å². The van der Waals surface area contributed by atoms with E-state index in [1.165, 1.54) is 6.26 Å². The quantitative estimate of drug-likeness (QED) is 0.754. The summed E-state index contributed by atoms with van der Waals surface area (Å²) in [6.07, 6.45) is 2.21. The largest absolute Gasteiger partial charge is 0.494 e. The van der Waals surface area contributed by atoms with Crippen LogP contribution < -0.4 is 10.1 Å². The predicted molar refractivity (Wildman–Crippen MR) is 90.7 cm³/mol. The smallest absolute Gasteiger partial charge is 0.151 e. The highest BCUT2D eigenvalue weighted by atomic mass is 79.9. The molecule has 1 rings (SSSR count). The lowest BCUT2D eigenvalue weighted by Crippen LogP contribution is -2.35. The van der Waals surface area contributed by atoms with E-state index in [0.29, 0.717) is 6.61 Å². The third-order valence-corrected chi connectivity index (χ3v) is 5.48. The number of sulfone groups is 1. The molecule has 120 valence electrons. The van der Waals surface area contributed by atoms with E-state index in [1.54, 1.807) is 6.92 Å². The van der Waals surface area contributed by atoms with Crippen LogP contribution in [0.15, 0.2) is 22.7 Å². The first-order chi connectivity index (χ1) is 9.81. The van der Waals surface area contributed by atoms with Crippen molar-refractivity contribution in [3.05, 3.63) is 28.2 Å². The van der Waals surface area contributed by atoms with Crippen LogP contribution >= 0.6 is 15.9 Å². The lowest BCUT2D eigenvalue weighted by atomic mass is 10.0. The van der Waals surface area contributed by atoms with E-state index in [4.69, 9.17) is 4.74 Å². The van der Waals surface area contributed by atoms with Gasteiger partial charge in [-0.2, -0.15) is 0 Å². The normalized spacial score (nSPS) is 14.7. The summed E-state index contributed by atoms with van der Waals surface area (Å²) in [6.45, 7) is 7.00. The zero-order valence-corrected chi connectivity index (χ0v) is 15.4. The van der Waals surface area contributed by atoms with Gasteiger partial charge in [-0.05, 0) is 45.0 Å². The average molecular weight is 378 g/mol. The van der Waals surface area contributed by atoms with E-state index in [0.717, 1.165) is 28.8 Å². The molecule has 0 saturated heterocycles. The maximum absolute atomic E-state index is 12.0. The van der Waals surface area contributed by atoms with Crippen LogP contribution in [0.1, 0.15) is 38.8 Å². The molecule has 21 heavy (non-hydrogen) atoms. The lowest BCUT2D eigenvalue weighted by Gasteiger charge is -2.26. The molecule has 1 aromatic carbocycles. The van der Waals surface area contributed by atoms with Gasteiger partial charge in [0.1, 0.15) is 5.75 Å². The Balaban J connectivity index is 3.27. The first kappa shape index (κ1) is 18.5. The minimum absolute atomic E-state index is 0.293. The first-order valence-corrected chi connectivity index (χ1v) is 9.90. The van der Waals surface area contributed by atoms with E-state index in [9.17, 15) is 8.42 Å². The van der Waals surface area contributed by atoms with Crippen molar-refractivity contribution < 1.29 is 13.2 Å². The topological polar surface area (TPSA) is 55.4 Å². The van der Waals surface area contributed by atoms with Gasteiger partial charge in [0.2, 0.25) is 0 Å². The summed E-state index contributed by atoms with van der Waals surface area (Å²) in [6, 6.07) is 5.41. The van der Waals surface area contributed by atoms with Crippen molar-refractivity contribution in [2.45, 2.75) is 38.5 Å². The molecule has 6 heteroatoms. The highest BCUT2D eigenvalue weighted by Gasteiger charge is 2.29. The Labute approximate surface area is 136 Å². The molecule has 0 bridgehead atoms. The van der Waals surface area contributed by atoms with E-state index >= 15 is 0 Å². The van der Waals surface area contributed by atoms with Gasteiger partial charge in [-0.1, -0.05) is 22.9 Å². The summed E-state index contributed by atoms with van der Waals surface area (Å²) in [7, 11) is -3.16. The van der Waals surface area contributed by atoms with Crippen LogP contribution in [0.4, 0.5) is 0 Å². The van der Waals surface area contributed by atoms with Gasteiger partial charge in [-0.25, -0.2) is 8.42 Å². The maximum atomic E-state index is 12.0. The molecule has 0 heterocycles. The number of ether oxygens (including phenoxy) is 1. The predicted octanol–water partition coefficient (Wildman–Crippen LogP) is 3.32. The fourth-order valence-corrected chi connectivity index (χ4v) is 3.24. The molecular formula is C15H24BrNO3S. The fourth-order valence-electron chi connectivity index (χ4n) is 2.13. The minimum atomic E-state index is -3.16. The monoisotopic (exact) mass is 377 g/mol. The first-order valence-electron chi connectivity index (χ1n) is 7.15. The van der Waals surface area contributed by atoms with Gasteiger partial charge in [0.15, 0.2) is 9.84 Å². The van der Waals surface area contributed by atoms with E-state index in [2.05, 4.69) is 28.2 Å². The van der Waals surface area contributed by atoms with E-state index < -0.39 is 15.1 Å². The molecule has 1 N–H and O–H groups in total. The van der Waals surface area contributed by atoms with Crippen molar-refractivity contribution in [2.24, 2.45) is 0 Å². The molecule has 0 saturated carbocycles. The Morgan fingerprint density at radius 3 is 2.52 bits per heavy atom. The van der Waals surface area contributed by atoms with Gasteiger partial charge < -0.3 is 10.1 Å². The molecule has 0 fully saturated rings. The molecule has 0 aliphatic heterocycles. The average Bonchev–Trinajstić information content (AvgIpc) is 2.41. The molecule has 2 atom stereocenters. The number of rotatable bonds is 8. The lowest BCUT2D eigenvalue weighted by molar-refractivity contribution is 0.330. The van der Waals surface area contributed by atoms with Crippen molar-refractivity contribution in [1.82, 2.24) is 5.32 Å². The van der Waals surface area contributed by atoms with Crippen molar-refractivity contribution in [2.75, 3.05) is 19.4 Å². The maximum Gasteiger partial charge on any atom is 0.151 e. The summed E-state index contributed by atoms with van der Waals surface area (Å²) in [5, 5.41) is 2.81. The molecule has 1 aromatic rings. The minimum Gasteiger partial charge on any atom is -0.494 e. The van der Waals surface area contributed by atoms with Gasteiger partial charge in [-0.15, -0.1) is 0 Å². The van der Waals surface area contributed by atoms with Crippen LogP contribution in [0, 0.1) is 0 Å². The molecular weight excluding hydrogens is 354 g/mol. The zero-order chi connectivity index (χ0) is 16.0. The summed E-state index contributed by atoms with van der Waals surface area (Å²) in [5.74, 6) is 0.727. The third-order valence-electron chi connectivity index (χ3n) is 3.37. The summed E-state index contributed by atoms with van der Waals surface area (Å²) in [5.41, 5.74) is 0.873. The fraction of sp³-hybridized carbons (Fsp3) is 0.600. The molecule has 0 aliphatic carbocycles. The van der Waals surface area contributed by atoms with E-state index in [1.807, 2.05) is 25.1 Å². The molecule has 4 nitrogen and oxygen atoms in total. The van der Waals surface area contributed by atoms with Crippen LogP contribution in [0.2, 0.25) is 0 Å². The van der Waals surface area contributed by atoms with Crippen molar-refractivity contribution in [3.63, 3.8) is 0 Å². The molecule has 2 unspecified atom stereocenters. The van der Waals surface area contributed by atoms with Gasteiger partial charge in [0.25, 0.3) is 0 Å². The van der Waals surface area contributed by atoms with Crippen molar-refractivity contribution in [1.29, 1.82) is 0 Å². The molecule has 0 aliphatic rings. The summed E-state index contributed by atoms with van der Waals surface area (Å²) in [4.78, 5) is 0. The van der Waals surface area contributed by atoms with Gasteiger partial charge in [0.05, 0.1) is 17.9 Å². The number of halogens is 1. The molecule has 0 spiro atoms. The second-order valence-electron chi connectivity index (χ2n) is 5.08. The van der Waals surface area contributed by atoms with Crippen LogP contribution in [0.3, 0.4) is 0 Å². The number of benzene rings is 1. The standard InChI is InChI=1S/C15H24BrNO3S/c1-5-9-17-15(11(3)21(4,18)19)13-10-12(16)7-8-14(13)20-6-2/h7-8,10-11,15,17H,5-6,9H2,1-4H3. The molecule has 0 amide bonds. The van der Waals surface area contributed by atoms with Crippen molar-refractivity contribution in [3.8, 4) is 5.75 Å². The number of hydrogen-bond donors (Lipinski definition) is 1. The van der Waals surface area contributed by atoms with Crippen LogP contribution in [-0.4, -0.2) is 33.1 Å². The van der Waals surface area contributed by atoms with Gasteiger partial charge in [-0.3, -0.25) is 0 Å². The van der Waals surface area contributed by atoms with Gasteiger partial charge in [0, 0.05) is 16.3 Å². The van der Waals surface area contributed by atoms with Crippen LogP contribution in [0.25, 0.3) is 0 Å². The second kappa shape index (κ2) is 8.15. The Morgan fingerprint density at radius 1 is 1.33 bits per heavy atom. The SMILES string of the molecule is CCCNC(c1cc(Br)ccc1OCC)C(C)S(C)(=O)=O. The Kier molecular flexibility index (Phi) is 7.16. The molecule has 0 aromatic heterocycles. The number of hydrogen-bond acceptors (Lipinski definition) is 4. The highest BCUT2D eigenvalue weighted by molar-refractivity contribution is 9.10. The highest BCUT2D eigenvalue weighted by Crippen LogP contribution is 2.32. The zero-order valence-electron chi connectivity index (χ0n) is 13.0.